The molecule has 0 fully saturated rings. The lowest BCUT2D eigenvalue weighted by Crippen LogP contribution is -2.27. The molecule has 0 aliphatic rings. The lowest BCUT2D eigenvalue weighted by Gasteiger charge is -2.22. The Labute approximate surface area is 194 Å². The first-order chi connectivity index (χ1) is 14.9. The number of carbonyl (C=O) groups is 1. The monoisotopic (exact) mass is 470 g/mol. The van der Waals surface area contributed by atoms with Crippen LogP contribution in [0.15, 0.2) is 48.5 Å². The van der Waals surface area contributed by atoms with Crippen LogP contribution in [-0.4, -0.2) is 36.9 Å². The van der Waals surface area contributed by atoms with E-state index >= 15 is 0 Å². The Bertz CT molecular complexity index is 923. The van der Waals surface area contributed by atoms with Crippen molar-refractivity contribution in [2.24, 2.45) is 0 Å². The van der Waals surface area contributed by atoms with Gasteiger partial charge in [0.15, 0.2) is 22.5 Å². The van der Waals surface area contributed by atoms with E-state index in [4.69, 9.17) is 24.4 Å². The van der Waals surface area contributed by atoms with Crippen molar-refractivity contribution in [1.29, 1.82) is 10.5 Å². The van der Waals surface area contributed by atoms with E-state index in [2.05, 4.69) is 31.4 Å². The van der Waals surface area contributed by atoms with Crippen LogP contribution in [0, 0.1) is 22.3 Å². The number of hydrogen-bond donors (Lipinski definition) is 0. The van der Waals surface area contributed by atoms with Crippen molar-refractivity contribution in [3.8, 4) is 23.3 Å². The van der Waals surface area contributed by atoms with E-state index in [9.17, 15) is 4.79 Å². The highest BCUT2D eigenvalue weighted by atomic mass is 28.4. The standard InChI is InChI=1S/C12H17NO2Si.C8H8O2.C4H9NSi/c1-14-11-7-5-6-10(8-11)12(9-13)15-16(2,3)4;1-10-8-4-2-3-7(5-8)6-9;1-6(2,3)4-5/h5-8,12H,1-4H3;2-6H,1H3;1-3H3. The summed E-state index contributed by atoms with van der Waals surface area (Å²) in [4.78, 5) is 10.2. The first-order valence-corrected chi connectivity index (χ1v) is 17.0. The molecule has 0 radical (unpaired) electrons. The molecule has 0 N–H and O–H groups in total. The normalized spacial score (nSPS) is 11.2. The van der Waals surface area contributed by atoms with Gasteiger partial charge in [0, 0.05) is 11.3 Å². The van der Waals surface area contributed by atoms with Gasteiger partial charge in [-0.15, -0.1) is 0 Å². The van der Waals surface area contributed by atoms with Gasteiger partial charge in [-0.25, -0.2) is 5.26 Å². The Morgan fingerprint density at radius 3 is 1.78 bits per heavy atom. The molecule has 0 aromatic heterocycles. The van der Waals surface area contributed by atoms with Gasteiger partial charge in [-0.05, 0) is 49.5 Å². The molecule has 0 heterocycles. The minimum atomic E-state index is -1.71. The van der Waals surface area contributed by atoms with Crippen molar-refractivity contribution >= 4 is 22.7 Å². The van der Waals surface area contributed by atoms with Crippen LogP contribution in [0.5, 0.6) is 11.5 Å². The topological polar surface area (TPSA) is 92.3 Å². The van der Waals surface area contributed by atoms with E-state index in [0.29, 0.717) is 11.3 Å². The van der Waals surface area contributed by atoms with E-state index in [1.165, 1.54) is 0 Å². The van der Waals surface area contributed by atoms with Gasteiger partial charge in [-0.1, -0.05) is 43.9 Å². The summed E-state index contributed by atoms with van der Waals surface area (Å²) in [6.45, 7) is 12.3. The van der Waals surface area contributed by atoms with Gasteiger partial charge in [-0.2, -0.15) is 5.26 Å². The average Bonchev–Trinajstić information content (AvgIpc) is 2.77. The highest BCUT2D eigenvalue weighted by Gasteiger charge is 2.22. The van der Waals surface area contributed by atoms with E-state index in [0.717, 1.165) is 17.6 Å². The van der Waals surface area contributed by atoms with Gasteiger partial charge >= 0.3 is 0 Å². The molecule has 172 valence electrons. The first kappa shape index (κ1) is 29.1. The number of ether oxygens (including phenoxy) is 2. The van der Waals surface area contributed by atoms with Crippen LogP contribution >= 0.6 is 0 Å². The molecule has 1 atom stereocenters. The number of carbonyl (C=O) groups excluding carboxylic acids is 1. The summed E-state index contributed by atoms with van der Waals surface area (Å²) in [5.41, 5.74) is 3.73. The predicted octanol–water partition coefficient (Wildman–Crippen LogP) is 6.01. The number of nitrogens with zero attached hydrogens (tertiary/aromatic N) is 2. The molecule has 1 unspecified atom stereocenters. The van der Waals surface area contributed by atoms with Crippen molar-refractivity contribution in [1.82, 2.24) is 0 Å². The van der Waals surface area contributed by atoms with Gasteiger partial charge in [0.1, 0.15) is 17.8 Å². The molecule has 2 aromatic carbocycles. The van der Waals surface area contributed by atoms with Crippen LogP contribution < -0.4 is 9.47 Å². The van der Waals surface area contributed by atoms with Crippen molar-refractivity contribution < 1.29 is 18.7 Å². The maximum absolute atomic E-state index is 10.2. The van der Waals surface area contributed by atoms with Crippen LogP contribution in [0.2, 0.25) is 39.3 Å². The summed E-state index contributed by atoms with van der Waals surface area (Å²) in [6.07, 6.45) is 0.296. The van der Waals surface area contributed by atoms with E-state index in [-0.39, 0.29) is 0 Å². The molecule has 2 aromatic rings. The first-order valence-electron chi connectivity index (χ1n) is 10.1. The molecule has 32 heavy (non-hydrogen) atoms. The largest absolute Gasteiger partial charge is 0.497 e. The summed E-state index contributed by atoms with van der Waals surface area (Å²) in [7, 11) is 0.144. The van der Waals surface area contributed by atoms with Crippen LogP contribution in [-0.2, 0) is 4.43 Å². The molecule has 6 nitrogen and oxygen atoms in total. The highest BCUT2D eigenvalue weighted by Crippen LogP contribution is 2.24. The van der Waals surface area contributed by atoms with Crippen LogP contribution in [0.3, 0.4) is 0 Å². The summed E-state index contributed by atoms with van der Waals surface area (Å²) in [5, 5.41) is 17.3. The zero-order valence-electron chi connectivity index (χ0n) is 20.3. The smallest absolute Gasteiger partial charge is 0.186 e. The number of nitriles is 2. The second-order valence-electron chi connectivity index (χ2n) is 8.77. The number of aldehydes is 1. The molecule has 0 amide bonds. The fourth-order valence-corrected chi connectivity index (χ4v) is 2.94. The SMILES string of the molecule is COc1cccc(C(C#N)O[Si](C)(C)C)c1.COc1cccc(C=O)c1.C[Si](C)(C)C#N. The second-order valence-corrected chi connectivity index (χ2v) is 18.0. The van der Waals surface area contributed by atoms with Crippen LogP contribution in [0.1, 0.15) is 22.0 Å². The number of hydrogen-bond acceptors (Lipinski definition) is 6. The zero-order chi connectivity index (χ0) is 24.8. The fourth-order valence-electron chi connectivity index (χ4n) is 2.04. The number of benzene rings is 2. The van der Waals surface area contributed by atoms with E-state index < -0.39 is 22.5 Å². The quantitative estimate of drug-likeness (QED) is 0.379. The van der Waals surface area contributed by atoms with E-state index in [1.54, 1.807) is 38.5 Å². The Morgan fingerprint density at radius 2 is 1.38 bits per heavy atom. The van der Waals surface area contributed by atoms with Gasteiger partial charge in [0.05, 0.1) is 20.3 Å². The van der Waals surface area contributed by atoms with Gasteiger partial charge in [0.2, 0.25) is 0 Å². The summed E-state index contributed by atoms with van der Waals surface area (Å²) in [5.74, 6) is 1.46. The second kappa shape index (κ2) is 14.2. The Morgan fingerprint density at radius 1 is 0.875 bits per heavy atom. The lowest BCUT2D eigenvalue weighted by atomic mass is 10.1. The minimum absolute atomic E-state index is 0.498. The molecule has 0 aliphatic carbocycles. The molecule has 0 saturated heterocycles. The van der Waals surface area contributed by atoms with Gasteiger partial charge in [0.25, 0.3) is 0 Å². The molecular formula is C24H34N2O4Si2. The van der Waals surface area contributed by atoms with Crippen molar-refractivity contribution in [2.45, 2.75) is 45.4 Å². The van der Waals surface area contributed by atoms with Crippen molar-refractivity contribution in [2.75, 3.05) is 14.2 Å². The van der Waals surface area contributed by atoms with Crippen molar-refractivity contribution in [3.05, 3.63) is 59.7 Å². The molecule has 0 spiro atoms. The van der Waals surface area contributed by atoms with E-state index in [1.807, 2.05) is 43.9 Å². The Hall–Kier alpha value is -2.92. The maximum atomic E-state index is 10.2. The maximum Gasteiger partial charge on any atom is 0.186 e. The summed E-state index contributed by atoms with van der Waals surface area (Å²) in [6, 6.07) is 16.6. The fraction of sp³-hybridized carbons (Fsp3) is 0.375. The van der Waals surface area contributed by atoms with Gasteiger partial charge < -0.3 is 13.9 Å². The third-order valence-corrected chi connectivity index (χ3v) is 5.16. The number of rotatable bonds is 6. The Kier molecular flexibility index (Phi) is 12.9. The van der Waals surface area contributed by atoms with Gasteiger partial charge in [-0.3, -0.25) is 4.79 Å². The number of methoxy groups -OCH3 is 2. The predicted molar refractivity (Wildman–Crippen MR) is 133 cm³/mol. The lowest BCUT2D eigenvalue weighted by molar-refractivity contribution is 0.112. The summed E-state index contributed by atoms with van der Waals surface area (Å²) < 4.78 is 15.8. The van der Waals surface area contributed by atoms with Crippen LogP contribution in [0.4, 0.5) is 0 Å². The molecule has 2 rings (SSSR count). The minimum Gasteiger partial charge on any atom is -0.497 e. The zero-order valence-corrected chi connectivity index (χ0v) is 22.3. The van der Waals surface area contributed by atoms with Crippen LogP contribution in [0.25, 0.3) is 0 Å². The van der Waals surface area contributed by atoms with Crippen molar-refractivity contribution in [3.63, 3.8) is 0 Å². The summed E-state index contributed by atoms with van der Waals surface area (Å²) >= 11 is 0. The Balaban J connectivity index is 0.000000511. The molecule has 0 bridgehead atoms. The molecule has 0 saturated carbocycles. The highest BCUT2D eigenvalue weighted by molar-refractivity contribution is 6.83. The third kappa shape index (κ3) is 13.4. The molecular weight excluding hydrogens is 436 g/mol. The molecule has 0 aliphatic heterocycles. The molecule has 8 heteroatoms. The third-order valence-electron chi connectivity index (χ3n) is 3.55. The average molecular weight is 471 g/mol.